The first-order valence-corrected chi connectivity index (χ1v) is 7.43. The van der Waals surface area contributed by atoms with Gasteiger partial charge in [0.1, 0.15) is 0 Å². The number of rotatable bonds is 4. The number of ether oxygens (including phenoxy) is 2. The molecule has 1 aliphatic rings. The van der Waals surface area contributed by atoms with Gasteiger partial charge in [0.25, 0.3) is 0 Å². The lowest BCUT2D eigenvalue weighted by Gasteiger charge is -2.32. The van der Waals surface area contributed by atoms with Crippen molar-refractivity contribution in [3.05, 3.63) is 29.3 Å². The normalized spacial score (nSPS) is 16.5. The lowest BCUT2D eigenvalue weighted by molar-refractivity contribution is -0.128. The third-order valence-electron chi connectivity index (χ3n) is 3.92. The number of hydrogen-bond donors (Lipinski definition) is 0. The molecular formula is C17H24N2O3. The van der Waals surface area contributed by atoms with Crippen molar-refractivity contribution < 1.29 is 14.3 Å². The molecule has 0 aliphatic carbocycles. The Morgan fingerprint density at radius 2 is 1.73 bits per heavy atom. The maximum absolute atomic E-state index is 12.5. The third-order valence-corrected chi connectivity index (χ3v) is 3.92. The van der Waals surface area contributed by atoms with Gasteiger partial charge in [0, 0.05) is 31.8 Å². The maximum atomic E-state index is 12.5. The molecule has 22 heavy (non-hydrogen) atoms. The second-order valence-corrected chi connectivity index (χ2v) is 5.54. The molecule has 1 saturated heterocycles. The number of likely N-dealkylation sites (N-methyl/N-ethyl adjacent to an activating group) is 1. The van der Waals surface area contributed by atoms with E-state index < -0.39 is 0 Å². The van der Waals surface area contributed by atoms with Crippen LogP contribution in [-0.2, 0) is 4.79 Å². The highest BCUT2D eigenvalue weighted by atomic mass is 16.5. The highest BCUT2D eigenvalue weighted by molar-refractivity contribution is 5.97. The van der Waals surface area contributed by atoms with E-state index in [-0.39, 0.29) is 5.91 Å². The number of nitrogens with zero attached hydrogens (tertiary/aromatic N) is 2. The summed E-state index contributed by atoms with van der Waals surface area (Å²) >= 11 is 0. The monoisotopic (exact) mass is 304 g/mol. The summed E-state index contributed by atoms with van der Waals surface area (Å²) in [5.41, 5.74) is 1.66. The quantitative estimate of drug-likeness (QED) is 0.797. The lowest BCUT2D eigenvalue weighted by atomic mass is 10.1. The fourth-order valence-electron chi connectivity index (χ4n) is 2.51. The summed E-state index contributed by atoms with van der Waals surface area (Å²) in [5, 5.41) is 0. The molecule has 5 heteroatoms. The second-order valence-electron chi connectivity index (χ2n) is 5.54. The van der Waals surface area contributed by atoms with Crippen LogP contribution in [0.5, 0.6) is 11.5 Å². The van der Waals surface area contributed by atoms with E-state index in [9.17, 15) is 4.79 Å². The molecule has 1 aromatic carbocycles. The predicted molar refractivity (Wildman–Crippen MR) is 87.3 cm³/mol. The van der Waals surface area contributed by atoms with Crippen LogP contribution in [0.25, 0.3) is 6.08 Å². The minimum Gasteiger partial charge on any atom is -0.493 e. The van der Waals surface area contributed by atoms with E-state index in [0.29, 0.717) is 11.5 Å². The van der Waals surface area contributed by atoms with Gasteiger partial charge in [-0.05, 0) is 37.7 Å². The van der Waals surface area contributed by atoms with Crippen LogP contribution < -0.4 is 9.47 Å². The molecule has 120 valence electrons. The Hall–Kier alpha value is -2.01. The zero-order valence-electron chi connectivity index (χ0n) is 13.8. The van der Waals surface area contributed by atoms with Crippen LogP contribution in [0.3, 0.4) is 0 Å². The first-order valence-electron chi connectivity index (χ1n) is 7.43. The number of amides is 1. The van der Waals surface area contributed by atoms with Gasteiger partial charge in [0.15, 0.2) is 11.5 Å². The fourth-order valence-corrected chi connectivity index (χ4v) is 2.51. The maximum Gasteiger partial charge on any atom is 0.249 e. The molecule has 0 radical (unpaired) electrons. The molecule has 0 spiro atoms. The molecule has 1 aromatic rings. The SMILES string of the molecule is COc1ccc(/C=C(\C)C(=O)N2CCN(C)CC2)cc1OC. The van der Waals surface area contributed by atoms with Crippen molar-refractivity contribution in [3.8, 4) is 11.5 Å². The molecule has 2 rings (SSSR count). The van der Waals surface area contributed by atoms with Crippen LogP contribution in [0.1, 0.15) is 12.5 Å². The Bertz CT molecular complexity index is 561. The van der Waals surface area contributed by atoms with E-state index >= 15 is 0 Å². The number of carbonyl (C=O) groups is 1. The zero-order valence-corrected chi connectivity index (χ0v) is 13.8. The third kappa shape index (κ3) is 3.80. The highest BCUT2D eigenvalue weighted by Crippen LogP contribution is 2.28. The van der Waals surface area contributed by atoms with Crippen LogP contribution in [-0.4, -0.2) is 63.2 Å². The Morgan fingerprint density at radius 3 is 2.32 bits per heavy atom. The van der Waals surface area contributed by atoms with Gasteiger partial charge in [-0.3, -0.25) is 4.79 Å². The number of hydrogen-bond acceptors (Lipinski definition) is 4. The van der Waals surface area contributed by atoms with Crippen LogP contribution in [0.4, 0.5) is 0 Å². The van der Waals surface area contributed by atoms with E-state index in [2.05, 4.69) is 11.9 Å². The molecule has 1 fully saturated rings. The molecule has 0 aromatic heterocycles. The Labute approximate surface area is 132 Å². The molecule has 0 bridgehead atoms. The van der Waals surface area contributed by atoms with Gasteiger partial charge in [-0.1, -0.05) is 6.07 Å². The molecule has 1 aliphatic heterocycles. The van der Waals surface area contributed by atoms with Gasteiger partial charge in [0.05, 0.1) is 14.2 Å². The minimum absolute atomic E-state index is 0.0999. The van der Waals surface area contributed by atoms with Gasteiger partial charge in [-0.2, -0.15) is 0 Å². The Balaban J connectivity index is 2.12. The smallest absolute Gasteiger partial charge is 0.249 e. The molecule has 5 nitrogen and oxygen atoms in total. The standard InChI is InChI=1S/C17H24N2O3/c1-13(17(20)19-9-7-18(2)8-10-19)11-14-5-6-15(21-3)16(12-14)22-4/h5-6,11-12H,7-10H2,1-4H3/b13-11+. The number of methoxy groups -OCH3 is 2. The molecule has 0 saturated carbocycles. The van der Waals surface area contributed by atoms with Gasteiger partial charge < -0.3 is 19.3 Å². The van der Waals surface area contributed by atoms with Crippen molar-refractivity contribution >= 4 is 12.0 Å². The first kappa shape index (κ1) is 16.4. The number of carbonyl (C=O) groups excluding carboxylic acids is 1. The molecule has 0 unspecified atom stereocenters. The average Bonchev–Trinajstić information content (AvgIpc) is 2.54. The van der Waals surface area contributed by atoms with Crippen LogP contribution in [0.15, 0.2) is 23.8 Å². The van der Waals surface area contributed by atoms with Crippen molar-refractivity contribution in [3.63, 3.8) is 0 Å². The molecule has 0 N–H and O–H groups in total. The summed E-state index contributed by atoms with van der Waals surface area (Å²) in [6.07, 6.45) is 1.89. The van der Waals surface area contributed by atoms with Gasteiger partial charge >= 0.3 is 0 Å². The molecule has 1 amide bonds. The molecule has 1 heterocycles. The van der Waals surface area contributed by atoms with Crippen molar-refractivity contribution in [1.82, 2.24) is 9.80 Å². The molecular weight excluding hydrogens is 280 g/mol. The van der Waals surface area contributed by atoms with E-state index in [1.807, 2.05) is 36.1 Å². The van der Waals surface area contributed by atoms with E-state index in [1.165, 1.54) is 0 Å². The average molecular weight is 304 g/mol. The number of benzene rings is 1. The van der Waals surface area contributed by atoms with Crippen LogP contribution >= 0.6 is 0 Å². The fraction of sp³-hybridized carbons (Fsp3) is 0.471. The topological polar surface area (TPSA) is 42.0 Å². The predicted octanol–water partition coefficient (Wildman–Crippen LogP) is 1.88. The first-order chi connectivity index (χ1) is 10.5. The number of piperazine rings is 1. The van der Waals surface area contributed by atoms with Crippen molar-refractivity contribution in [2.45, 2.75) is 6.92 Å². The van der Waals surface area contributed by atoms with Crippen LogP contribution in [0, 0.1) is 0 Å². The van der Waals surface area contributed by atoms with E-state index in [4.69, 9.17) is 9.47 Å². The van der Waals surface area contributed by atoms with Gasteiger partial charge in [-0.15, -0.1) is 0 Å². The van der Waals surface area contributed by atoms with Crippen molar-refractivity contribution in [1.29, 1.82) is 0 Å². The van der Waals surface area contributed by atoms with Gasteiger partial charge in [-0.25, -0.2) is 0 Å². The largest absolute Gasteiger partial charge is 0.493 e. The van der Waals surface area contributed by atoms with Gasteiger partial charge in [0.2, 0.25) is 5.91 Å². The van der Waals surface area contributed by atoms with Crippen molar-refractivity contribution in [2.24, 2.45) is 0 Å². The van der Waals surface area contributed by atoms with Crippen molar-refractivity contribution in [2.75, 3.05) is 47.4 Å². The lowest BCUT2D eigenvalue weighted by Crippen LogP contribution is -2.47. The Morgan fingerprint density at radius 1 is 1.09 bits per heavy atom. The Kier molecular flexibility index (Phi) is 5.44. The van der Waals surface area contributed by atoms with E-state index in [1.54, 1.807) is 14.2 Å². The summed E-state index contributed by atoms with van der Waals surface area (Å²) in [7, 11) is 5.29. The van der Waals surface area contributed by atoms with Crippen LogP contribution in [0.2, 0.25) is 0 Å². The zero-order chi connectivity index (χ0) is 16.1. The van der Waals surface area contributed by atoms with E-state index in [0.717, 1.165) is 37.3 Å². The molecule has 0 atom stereocenters. The summed E-state index contributed by atoms with van der Waals surface area (Å²) in [6.45, 7) is 5.28. The summed E-state index contributed by atoms with van der Waals surface area (Å²) in [6, 6.07) is 5.64. The summed E-state index contributed by atoms with van der Waals surface area (Å²) < 4.78 is 10.5. The minimum atomic E-state index is 0.0999. The highest BCUT2D eigenvalue weighted by Gasteiger charge is 2.20. The summed E-state index contributed by atoms with van der Waals surface area (Å²) in [5.74, 6) is 1.45. The second kappa shape index (κ2) is 7.31. The summed E-state index contributed by atoms with van der Waals surface area (Å²) in [4.78, 5) is 16.6.